The normalized spacial score (nSPS) is 14.9. The first-order chi connectivity index (χ1) is 15.8. The molecule has 0 spiro atoms. The van der Waals surface area contributed by atoms with E-state index in [1.54, 1.807) is 42.5 Å². The number of carbonyl (C=O) groups is 3. The van der Waals surface area contributed by atoms with Crippen LogP contribution in [-0.4, -0.2) is 33.6 Å². The molecule has 0 atom stereocenters. The standard InChI is InChI=1S/C24H19ClN2O5S/c1-14-2-6-17(7-3-14)26-22(29)12-27-23(30)21(33-24(27)31)11-18-8-9-20(32-18)15-4-5-16(13-28)19(25)10-15/h2-11,28H,12-13H2,1H3,(H,26,29)/b21-11-. The van der Waals surface area contributed by atoms with Crippen molar-refractivity contribution in [3.05, 3.63) is 81.4 Å². The fourth-order valence-electron chi connectivity index (χ4n) is 3.16. The third-order valence-corrected chi connectivity index (χ3v) is 6.18. The predicted molar refractivity (Wildman–Crippen MR) is 128 cm³/mol. The summed E-state index contributed by atoms with van der Waals surface area (Å²) >= 11 is 6.89. The Morgan fingerprint density at radius 3 is 2.61 bits per heavy atom. The van der Waals surface area contributed by atoms with Gasteiger partial charge in [-0.05, 0) is 54.6 Å². The monoisotopic (exact) mass is 482 g/mol. The highest BCUT2D eigenvalue weighted by atomic mass is 35.5. The lowest BCUT2D eigenvalue weighted by atomic mass is 10.1. The molecule has 4 rings (SSSR count). The smallest absolute Gasteiger partial charge is 0.294 e. The van der Waals surface area contributed by atoms with Crippen molar-refractivity contribution in [2.24, 2.45) is 0 Å². The summed E-state index contributed by atoms with van der Waals surface area (Å²) in [6, 6.07) is 15.7. The number of halogens is 1. The van der Waals surface area contributed by atoms with E-state index >= 15 is 0 Å². The summed E-state index contributed by atoms with van der Waals surface area (Å²) in [5.74, 6) is -0.130. The molecule has 9 heteroatoms. The maximum absolute atomic E-state index is 12.7. The highest BCUT2D eigenvalue weighted by Crippen LogP contribution is 2.34. The van der Waals surface area contributed by atoms with Gasteiger partial charge in [0.2, 0.25) is 5.91 Å². The van der Waals surface area contributed by atoms with Crippen LogP contribution in [0.15, 0.2) is 63.9 Å². The molecule has 0 radical (unpaired) electrons. The molecule has 7 nitrogen and oxygen atoms in total. The number of furan rings is 1. The Balaban J connectivity index is 1.45. The predicted octanol–water partition coefficient (Wildman–Crippen LogP) is 5.08. The molecule has 1 aliphatic heterocycles. The average molecular weight is 483 g/mol. The number of aryl methyl sites for hydroxylation is 1. The summed E-state index contributed by atoms with van der Waals surface area (Å²) in [6.45, 7) is 1.39. The fourth-order valence-corrected chi connectivity index (χ4v) is 4.22. The second kappa shape index (κ2) is 9.66. The summed E-state index contributed by atoms with van der Waals surface area (Å²) in [5, 5.41) is 11.8. The molecule has 2 heterocycles. The van der Waals surface area contributed by atoms with Crippen molar-refractivity contribution in [2.75, 3.05) is 11.9 Å². The van der Waals surface area contributed by atoms with Crippen molar-refractivity contribution >= 4 is 52.2 Å². The van der Waals surface area contributed by atoms with Crippen molar-refractivity contribution in [2.45, 2.75) is 13.5 Å². The summed E-state index contributed by atoms with van der Waals surface area (Å²) in [5.41, 5.74) is 2.95. The van der Waals surface area contributed by atoms with Gasteiger partial charge in [0, 0.05) is 22.3 Å². The third kappa shape index (κ3) is 5.19. The molecule has 33 heavy (non-hydrogen) atoms. The highest BCUT2D eigenvalue weighted by Gasteiger charge is 2.36. The quantitative estimate of drug-likeness (QED) is 0.475. The average Bonchev–Trinajstić information content (AvgIpc) is 3.36. The van der Waals surface area contributed by atoms with Crippen molar-refractivity contribution < 1.29 is 23.9 Å². The van der Waals surface area contributed by atoms with Crippen LogP contribution < -0.4 is 5.32 Å². The first-order valence-electron chi connectivity index (χ1n) is 9.95. The number of nitrogens with one attached hydrogen (secondary N) is 1. The molecule has 0 saturated carbocycles. The second-order valence-corrected chi connectivity index (χ2v) is 8.75. The van der Waals surface area contributed by atoms with Crippen LogP contribution in [0.25, 0.3) is 17.4 Å². The zero-order chi connectivity index (χ0) is 23.5. The van der Waals surface area contributed by atoms with Gasteiger partial charge >= 0.3 is 0 Å². The van der Waals surface area contributed by atoms with Crippen LogP contribution in [0, 0.1) is 6.92 Å². The molecule has 3 amide bonds. The number of carbonyl (C=O) groups excluding carboxylic acids is 3. The number of thioether (sulfide) groups is 1. The number of benzene rings is 2. The molecule has 1 fully saturated rings. The van der Waals surface area contributed by atoms with Crippen molar-refractivity contribution in [3.63, 3.8) is 0 Å². The summed E-state index contributed by atoms with van der Waals surface area (Å²) in [4.78, 5) is 38.4. The van der Waals surface area contributed by atoms with Gasteiger partial charge in [-0.1, -0.05) is 41.4 Å². The number of aliphatic hydroxyl groups excluding tert-OH is 1. The van der Waals surface area contributed by atoms with Crippen LogP contribution in [0.3, 0.4) is 0 Å². The Bertz CT molecular complexity index is 1270. The van der Waals surface area contributed by atoms with Crippen LogP contribution >= 0.6 is 23.4 Å². The first kappa shape index (κ1) is 22.8. The minimum absolute atomic E-state index is 0.165. The number of nitrogens with zero attached hydrogens (tertiary/aromatic N) is 1. The van der Waals surface area contributed by atoms with Crippen LogP contribution in [0.4, 0.5) is 10.5 Å². The Hall–Kier alpha value is -3.33. The summed E-state index contributed by atoms with van der Waals surface area (Å²) < 4.78 is 5.78. The Labute approximate surface area is 199 Å². The van der Waals surface area contributed by atoms with Gasteiger partial charge in [-0.2, -0.15) is 0 Å². The highest BCUT2D eigenvalue weighted by molar-refractivity contribution is 8.18. The van der Waals surface area contributed by atoms with Crippen LogP contribution in [0.1, 0.15) is 16.9 Å². The van der Waals surface area contributed by atoms with Gasteiger partial charge in [-0.25, -0.2) is 0 Å². The van der Waals surface area contributed by atoms with Gasteiger partial charge in [0.05, 0.1) is 11.5 Å². The van der Waals surface area contributed by atoms with Gasteiger partial charge in [0.1, 0.15) is 18.1 Å². The van der Waals surface area contributed by atoms with Crippen molar-refractivity contribution in [1.82, 2.24) is 4.90 Å². The molecule has 3 aromatic rings. The van der Waals surface area contributed by atoms with Gasteiger partial charge < -0.3 is 14.8 Å². The molecule has 2 aromatic carbocycles. The molecule has 0 unspecified atom stereocenters. The number of rotatable bonds is 6. The maximum Gasteiger partial charge on any atom is 0.294 e. The lowest BCUT2D eigenvalue weighted by Gasteiger charge is -2.12. The van der Waals surface area contributed by atoms with E-state index in [-0.39, 0.29) is 18.1 Å². The molecule has 1 aliphatic rings. The SMILES string of the molecule is Cc1ccc(NC(=O)CN2C(=O)S/C(=C\c3ccc(-c4ccc(CO)c(Cl)c4)o3)C2=O)cc1. The second-order valence-electron chi connectivity index (χ2n) is 7.35. The van der Waals surface area contributed by atoms with E-state index in [1.807, 2.05) is 19.1 Å². The third-order valence-electron chi connectivity index (χ3n) is 4.92. The molecule has 2 N–H and O–H groups in total. The number of imide groups is 1. The molecule has 1 saturated heterocycles. The van der Waals surface area contributed by atoms with Gasteiger partial charge in [0.15, 0.2) is 0 Å². The lowest BCUT2D eigenvalue weighted by Crippen LogP contribution is -2.36. The summed E-state index contributed by atoms with van der Waals surface area (Å²) in [7, 11) is 0. The van der Waals surface area contributed by atoms with Gasteiger partial charge in [0.25, 0.3) is 11.1 Å². The minimum atomic E-state index is -0.558. The van der Waals surface area contributed by atoms with E-state index in [4.69, 9.17) is 16.0 Å². The number of anilines is 1. The Morgan fingerprint density at radius 1 is 1.15 bits per heavy atom. The zero-order valence-electron chi connectivity index (χ0n) is 17.5. The van der Waals surface area contributed by atoms with E-state index in [1.165, 1.54) is 6.08 Å². The Kier molecular flexibility index (Phi) is 6.69. The van der Waals surface area contributed by atoms with E-state index in [2.05, 4.69) is 5.32 Å². The maximum atomic E-state index is 12.7. The Morgan fingerprint density at radius 2 is 1.91 bits per heavy atom. The van der Waals surface area contributed by atoms with Crippen molar-refractivity contribution in [1.29, 1.82) is 0 Å². The molecule has 0 bridgehead atoms. The number of amides is 3. The van der Waals surface area contributed by atoms with Crippen molar-refractivity contribution in [3.8, 4) is 11.3 Å². The van der Waals surface area contributed by atoms with E-state index in [0.717, 1.165) is 22.2 Å². The molecular weight excluding hydrogens is 464 g/mol. The summed E-state index contributed by atoms with van der Waals surface area (Å²) in [6.07, 6.45) is 1.47. The molecule has 0 aliphatic carbocycles. The van der Waals surface area contributed by atoms with Gasteiger partial charge in [-0.3, -0.25) is 19.3 Å². The number of aliphatic hydroxyl groups is 1. The topological polar surface area (TPSA) is 99.8 Å². The van der Waals surface area contributed by atoms with E-state index in [9.17, 15) is 19.5 Å². The minimum Gasteiger partial charge on any atom is -0.457 e. The zero-order valence-corrected chi connectivity index (χ0v) is 19.1. The van der Waals surface area contributed by atoms with Crippen LogP contribution in [-0.2, 0) is 16.2 Å². The molecular formula is C24H19ClN2O5S. The van der Waals surface area contributed by atoms with Crippen LogP contribution in [0.2, 0.25) is 5.02 Å². The molecule has 168 valence electrons. The largest absolute Gasteiger partial charge is 0.457 e. The van der Waals surface area contributed by atoms with Crippen LogP contribution in [0.5, 0.6) is 0 Å². The lowest BCUT2D eigenvalue weighted by molar-refractivity contribution is -0.127. The van der Waals surface area contributed by atoms with E-state index in [0.29, 0.717) is 33.4 Å². The van der Waals surface area contributed by atoms with Gasteiger partial charge in [-0.15, -0.1) is 0 Å². The van der Waals surface area contributed by atoms with E-state index < -0.39 is 17.1 Å². The fraction of sp³-hybridized carbons (Fsp3) is 0.125. The first-order valence-corrected chi connectivity index (χ1v) is 11.1. The number of hydrogen-bond donors (Lipinski definition) is 2. The number of hydrogen-bond acceptors (Lipinski definition) is 6. The molecule has 1 aromatic heterocycles.